The molecule has 0 aliphatic rings. The largest absolute Gasteiger partial charge is 0.472 e. The topological polar surface area (TPSA) is 155 Å². The van der Waals surface area contributed by atoms with E-state index in [9.17, 15) is 28.9 Å². The number of ether oxygens (including phenoxy) is 3. The molecule has 0 saturated carbocycles. The van der Waals surface area contributed by atoms with Gasteiger partial charge in [0, 0.05) is 19.3 Å². The number of hydrogen-bond acceptors (Lipinski definition) is 10. The lowest BCUT2D eigenvalue weighted by Gasteiger charge is -2.21. The molecule has 0 bridgehead atoms. The van der Waals surface area contributed by atoms with Gasteiger partial charge in [0.05, 0.1) is 19.8 Å². The Morgan fingerprint density at radius 1 is 0.392 bits per heavy atom. The predicted molar refractivity (Wildman–Crippen MR) is 307 cm³/mol. The molecule has 3 atom stereocenters. The first kappa shape index (κ1) is 70.4. The molecule has 0 spiro atoms. The van der Waals surface area contributed by atoms with Crippen LogP contribution in [0.5, 0.6) is 0 Å². The number of carbonyl (C=O) groups excluding carboxylic acids is 3. The smallest absolute Gasteiger partial charge is 0.462 e. The van der Waals surface area contributed by atoms with Crippen molar-refractivity contribution in [1.29, 1.82) is 0 Å². The van der Waals surface area contributed by atoms with Crippen molar-refractivity contribution in [3.05, 3.63) is 97.2 Å². The van der Waals surface area contributed by atoms with Crippen molar-refractivity contribution in [1.82, 2.24) is 0 Å². The van der Waals surface area contributed by atoms with Gasteiger partial charge in [-0.2, -0.15) is 0 Å². The average Bonchev–Trinajstić information content (AvgIpc) is 3.39. The quantitative estimate of drug-likeness (QED) is 0.0197. The van der Waals surface area contributed by atoms with Gasteiger partial charge in [-0.25, -0.2) is 4.57 Å². The molecule has 0 heterocycles. The SMILES string of the molecule is CC/C=C\C/C=C\C/C=C\C/C=C\CCCCCCCCC(=O)OCC(COP(=O)(O)OCC(CO)OC(=O)CCCCCCC/C=C\CCCC)OC(=O)CCCCCCCCC/C=C\C/C=C\C/C=C\CC. The highest BCUT2D eigenvalue weighted by Crippen LogP contribution is 2.43. The maximum Gasteiger partial charge on any atom is 0.472 e. The number of aliphatic hydroxyl groups is 1. The lowest BCUT2D eigenvalue weighted by Crippen LogP contribution is -2.30. The Bertz CT molecular complexity index is 1610. The van der Waals surface area contributed by atoms with Crippen LogP contribution in [0, 0.1) is 0 Å². The van der Waals surface area contributed by atoms with Gasteiger partial charge in [-0.05, 0) is 109 Å². The number of phosphoric ester groups is 1. The summed E-state index contributed by atoms with van der Waals surface area (Å²) in [4.78, 5) is 48.5. The van der Waals surface area contributed by atoms with Crippen LogP contribution in [0.1, 0.15) is 239 Å². The second-order valence-electron chi connectivity index (χ2n) is 19.0. The molecule has 0 aliphatic heterocycles. The van der Waals surface area contributed by atoms with Crippen molar-refractivity contribution < 1.29 is 52.2 Å². The summed E-state index contributed by atoms with van der Waals surface area (Å²) in [7, 11) is -4.76. The summed E-state index contributed by atoms with van der Waals surface area (Å²) in [5.74, 6) is -1.51. The zero-order chi connectivity index (χ0) is 54.1. The van der Waals surface area contributed by atoms with Crippen molar-refractivity contribution in [2.75, 3.05) is 26.4 Å². The first-order valence-corrected chi connectivity index (χ1v) is 30.6. The van der Waals surface area contributed by atoms with Crippen molar-refractivity contribution >= 4 is 25.7 Å². The van der Waals surface area contributed by atoms with E-state index in [-0.39, 0.29) is 25.9 Å². The van der Waals surface area contributed by atoms with Gasteiger partial charge in [0.2, 0.25) is 0 Å². The third-order valence-corrected chi connectivity index (χ3v) is 12.9. The standard InChI is InChI=1S/C62H105O11P/c1-4-7-10-13-16-19-22-24-26-28-29-31-32-34-37-39-42-45-48-51-60(64)69-55-59(73-62(66)53-50-47-44-41-38-35-33-30-27-25-23-20-17-14-11-8-5-2)57-71-74(67,68)70-56-58(54-63)72-61(65)52-49-46-43-40-36-21-18-15-12-9-6-3/h7-8,10-11,15-20,24-27,29,31,58-59,63H,4-6,9,12-14,21-23,28,30,32-57H2,1-3H3,(H,67,68)/b10-7-,11-8-,18-15-,19-16-,20-17-,26-24-,27-25-,31-29-. The summed E-state index contributed by atoms with van der Waals surface area (Å²) < 4.78 is 39.5. The second kappa shape index (κ2) is 55.6. The van der Waals surface area contributed by atoms with Gasteiger partial charge in [0.15, 0.2) is 6.10 Å². The van der Waals surface area contributed by atoms with E-state index in [1.54, 1.807) is 0 Å². The van der Waals surface area contributed by atoms with E-state index in [4.69, 9.17) is 23.3 Å². The van der Waals surface area contributed by atoms with E-state index < -0.39 is 57.8 Å². The number of carbonyl (C=O) groups is 3. The Labute approximate surface area is 451 Å². The zero-order valence-electron chi connectivity index (χ0n) is 46.8. The Morgan fingerprint density at radius 2 is 0.703 bits per heavy atom. The van der Waals surface area contributed by atoms with Gasteiger partial charge < -0.3 is 24.2 Å². The lowest BCUT2D eigenvalue weighted by molar-refractivity contribution is -0.161. The van der Waals surface area contributed by atoms with Gasteiger partial charge >= 0.3 is 25.7 Å². The molecule has 0 aromatic rings. The Hall–Kier alpha value is -3.60. The molecule has 0 amide bonds. The molecule has 0 radical (unpaired) electrons. The van der Waals surface area contributed by atoms with E-state index in [0.717, 1.165) is 161 Å². The number of rotatable bonds is 53. The highest BCUT2D eigenvalue weighted by molar-refractivity contribution is 7.47. The van der Waals surface area contributed by atoms with E-state index >= 15 is 0 Å². The van der Waals surface area contributed by atoms with Crippen LogP contribution in [0.25, 0.3) is 0 Å². The fraction of sp³-hybridized carbons (Fsp3) is 0.694. The average molecular weight is 1060 g/mol. The van der Waals surface area contributed by atoms with Crippen LogP contribution < -0.4 is 0 Å². The molecule has 0 aromatic heterocycles. The van der Waals surface area contributed by atoms with E-state index in [1.807, 2.05) is 0 Å². The summed E-state index contributed by atoms with van der Waals surface area (Å²) in [6, 6.07) is 0. The third kappa shape index (κ3) is 53.2. The van der Waals surface area contributed by atoms with Crippen LogP contribution in [-0.2, 0) is 42.2 Å². The first-order chi connectivity index (χ1) is 36.2. The number of esters is 3. The summed E-state index contributed by atoms with van der Waals surface area (Å²) in [5, 5.41) is 9.80. The van der Waals surface area contributed by atoms with Crippen molar-refractivity contribution in [2.24, 2.45) is 0 Å². The summed E-state index contributed by atoms with van der Waals surface area (Å²) in [6.45, 7) is 4.34. The van der Waals surface area contributed by atoms with Gasteiger partial charge in [-0.1, -0.05) is 208 Å². The number of allylic oxidation sites excluding steroid dienone is 16. The summed E-state index contributed by atoms with van der Waals surface area (Å²) in [5.41, 5.74) is 0. The highest BCUT2D eigenvalue weighted by atomic mass is 31.2. The zero-order valence-corrected chi connectivity index (χ0v) is 47.7. The minimum atomic E-state index is -4.76. The molecule has 424 valence electrons. The molecule has 0 saturated heterocycles. The van der Waals surface area contributed by atoms with E-state index in [1.165, 1.54) is 19.3 Å². The fourth-order valence-corrected chi connectivity index (χ4v) is 8.36. The summed E-state index contributed by atoms with van der Waals surface area (Å²) in [6.07, 6.45) is 65.1. The van der Waals surface area contributed by atoms with Crippen molar-refractivity contribution in [2.45, 2.75) is 251 Å². The van der Waals surface area contributed by atoms with E-state index in [0.29, 0.717) is 19.3 Å². The molecular weight excluding hydrogens is 952 g/mol. The van der Waals surface area contributed by atoms with Crippen molar-refractivity contribution in [3.63, 3.8) is 0 Å². The highest BCUT2D eigenvalue weighted by Gasteiger charge is 2.28. The van der Waals surface area contributed by atoms with Crippen LogP contribution in [0.15, 0.2) is 97.2 Å². The molecule has 3 unspecified atom stereocenters. The number of unbranched alkanes of at least 4 members (excludes halogenated alkanes) is 20. The predicted octanol–water partition coefficient (Wildman–Crippen LogP) is 17.3. The minimum Gasteiger partial charge on any atom is -0.462 e. The van der Waals surface area contributed by atoms with Crippen LogP contribution in [-0.4, -0.2) is 66.5 Å². The molecule has 0 fully saturated rings. The number of hydrogen-bond donors (Lipinski definition) is 2. The summed E-state index contributed by atoms with van der Waals surface area (Å²) >= 11 is 0. The normalized spacial score (nSPS) is 14.1. The molecule has 12 heteroatoms. The van der Waals surface area contributed by atoms with Crippen LogP contribution >= 0.6 is 7.82 Å². The van der Waals surface area contributed by atoms with E-state index in [2.05, 4.69) is 118 Å². The Kier molecular flexibility index (Phi) is 52.9. The number of phosphoric acid groups is 1. The van der Waals surface area contributed by atoms with Crippen LogP contribution in [0.3, 0.4) is 0 Å². The number of aliphatic hydroxyl groups excluding tert-OH is 1. The molecular formula is C62H105O11P. The third-order valence-electron chi connectivity index (χ3n) is 12.0. The monoisotopic (exact) mass is 1060 g/mol. The van der Waals surface area contributed by atoms with Crippen molar-refractivity contribution in [3.8, 4) is 0 Å². The molecule has 0 aliphatic carbocycles. The lowest BCUT2D eigenvalue weighted by atomic mass is 10.1. The maximum absolute atomic E-state index is 12.9. The Balaban J connectivity index is 4.77. The first-order valence-electron chi connectivity index (χ1n) is 29.1. The molecule has 0 aromatic carbocycles. The molecule has 2 N–H and O–H groups in total. The van der Waals surface area contributed by atoms with Gasteiger partial charge in [0.25, 0.3) is 0 Å². The minimum absolute atomic E-state index is 0.148. The van der Waals surface area contributed by atoms with Gasteiger partial charge in [-0.15, -0.1) is 0 Å². The molecule has 0 rings (SSSR count). The fourth-order valence-electron chi connectivity index (χ4n) is 7.58. The molecule has 74 heavy (non-hydrogen) atoms. The van der Waals surface area contributed by atoms with Gasteiger partial charge in [-0.3, -0.25) is 23.4 Å². The second-order valence-corrected chi connectivity index (χ2v) is 20.5. The Morgan fingerprint density at radius 3 is 1.09 bits per heavy atom. The maximum atomic E-state index is 12.9. The van der Waals surface area contributed by atoms with Crippen LogP contribution in [0.4, 0.5) is 0 Å². The van der Waals surface area contributed by atoms with Crippen LogP contribution in [0.2, 0.25) is 0 Å². The molecule has 11 nitrogen and oxygen atoms in total. The van der Waals surface area contributed by atoms with Gasteiger partial charge in [0.1, 0.15) is 12.7 Å².